The molecule has 39 heteroatoms. The van der Waals surface area contributed by atoms with Crippen LogP contribution < -0.4 is 31.9 Å². The fraction of sp³-hybridized carbons (Fsp3) is 0.903. The molecule has 0 aliphatic carbocycles. The summed E-state index contributed by atoms with van der Waals surface area (Å²) in [5.74, 6) is -11.1. The third-order valence-corrected chi connectivity index (χ3v) is 21.2. The van der Waals surface area contributed by atoms with Crippen molar-refractivity contribution in [3.8, 4) is 0 Å². The van der Waals surface area contributed by atoms with Crippen LogP contribution in [0, 0.1) is 0 Å². The zero-order valence-corrected chi connectivity index (χ0v) is 67.0. The largest absolute Gasteiger partial charge is 0.469 e. The second-order valence-electron chi connectivity index (χ2n) is 33.5. The van der Waals surface area contributed by atoms with Gasteiger partial charge in [-0.15, -0.1) is 0 Å². The number of hydrogen-bond donors (Lipinski definition) is 6. The summed E-state index contributed by atoms with van der Waals surface area (Å²) in [6.07, 6.45) is -27.7. The molecule has 12 aliphatic heterocycles. The van der Waals surface area contributed by atoms with Crippen LogP contribution in [0.4, 0.5) is 4.79 Å². The van der Waals surface area contributed by atoms with Gasteiger partial charge in [-0.05, 0) is 104 Å². The normalized spacial score (nSPS) is 39.5. The molecule has 630 valence electrons. The molecule has 0 bridgehead atoms. The number of rotatable bonds is 30. The van der Waals surface area contributed by atoms with Gasteiger partial charge in [-0.1, -0.05) is 0 Å². The van der Waals surface area contributed by atoms with E-state index in [1.54, 1.807) is 104 Å². The number of ether oxygens (including phenoxy) is 26. The van der Waals surface area contributed by atoms with Crippen molar-refractivity contribution in [3.63, 3.8) is 0 Å². The van der Waals surface area contributed by atoms with Crippen LogP contribution in [0.5, 0.6) is 0 Å². The molecule has 111 heavy (non-hydrogen) atoms. The maximum Gasteiger partial charge on any atom is 0.407 e. The van der Waals surface area contributed by atoms with Crippen LogP contribution in [0.2, 0.25) is 0 Å². The van der Waals surface area contributed by atoms with E-state index in [9.17, 15) is 14.4 Å². The second kappa shape index (κ2) is 32.9. The number of carbonyl (C=O) groups is 7. The molecule has 12 saturated heterocycles. The molecule has 39 nitrogen and oxygen atoms in total. The average molecular weight is 1590 g/mol. The number of hydrogen-bond acceptors (Lipinski definition) is 33. The summed E-state index contributed by atoms with van der Waals surface area (Å²) in [7, 11) is 9.71. The van der Waals surface area contributed by atoms with E-state index in [1.807, 2.05) is 0 Å². The van der Waals surface area contributed by atoms with E-state index in [4.69, 9.17) is 123 Å². The number of esters is 1. The SMILES string of the molecule is COC(=O)CC(NC(=O)CC(NC(=O)CC(NC(=O)CC(NC(=O)CC(NC(=O)CC(NC(=O)OC(C)(C)C)[C@@H]1O[C@@H]2OC(C)(C)O[C@@H]2[C@H]1OC)[C@@H]1O[C@@H]2OC(C)(C)O[C@@H]2[C@H]1OC)[C@@H]1O[C@@H]2OC(C)(C)O[C@@H]2[C@H]1OC)[C@@H]1O[C@@H]2OC(C)(C)O[C@@H]2[C@H]1OC)[C@@H]1O[C@@H]2OC(C)(C)O[C@@H]2[C@H]1OC)[C@@H]1O[C@@H]2OC(C)(C)O[C@@H]2[C@H]1OC. The van der Waals surface area contributed by atoms with E-state index in [1.165, 1.54) is 49.8 Å². The molecular weight excluding hydrogens is 1480 g/mol. The molecule has 6 amide bonds. The lowest BCUT2D eigenvalue weighted by atomic mass is 9.95. The van der Waals surface area contributed by atoms with Crippen LogP contribution in [-0.2, 0) is 152 Å². The van der Waals surface area contributed by atoms with Crippen molar-refractivity contribution in [2.45, 2.75) is 367 Å². The Bertz CT molecular complexity index is 3340. The fourth-order valence-electron chi connectivity index (χ4n) is 17.1. The van der Waals surface area contributed by atoms with Gasteiger partial charge in [-0.25, -0.2) is 4.79 Å². The summed E-state index contributed by atoms with van der Waals surface area (Å²) in [6, 6.07) is -7.58. The average Bonchev–Trinajstić information content (AvgIpc) is 1.64. The number of methoxy groups -OCH3 is 7. The number of carbonyl (C=O) groups excluding carboxylic acids is 7. The van der Waals surface area contributed by atoms with Gasteiger partial charge >= 0.3 is 12.1 Å². The lowest BCUT2D eigenvalue weighted by molar-refractivity contribution is -0.221. The van der Waals surface area contributed by atoms with Gasteiger partial charge < -0.3 is 155 Å². The lowest BCUT2D eigenvalue weighted by Gasteiger charge is -2.34. The maximum atomic E-state index is 15.5. The minimum absolute atomic E-state index is 0.387. The van der Waals surface area contributed by atoms with Gasteiger partial charge in [-0.3, -0.25) is 28.8 Å². The molecule has 0 saturated carbocycles. The monoisotopic (exact) mass is 1590 g/mol. The smallest absolute Gasteiger partial charge is 0.407 e. The van der Waals surface area contributed by atoms with Crippen molar-refractivity contribution >= 4 is 41.6 Å². The number of nitrogens with one attached hydrogen (secondary N) is 6. The van der Waals surface area contributed by atoms with E-state index in [0.717, 1.165) is 0 Å². The van der Waals surface area contributed by atoms with E-state index in [0.29, 0.717) is 0 Å². The van der Waals surface area contributed by atoms with Gasteiger partial charge in [-0.2, -0.15) is 0 Å². The minimum atomic E-state index is -1.36. The zero-order valence-electron chi connectivity index (χ0n) is 67.0. The second-order valence-corrected chi connectivity index (χ2v) is 33.5. The summed E-state index contributed by atoms with van der Waals surface area (Å²) >= 11 is 0. The predicted octanol–water partition coefficient (Wildman–Crippen LogP) is 0.166. The third kappa shape index (κ3) is 19.1. The first-order chi connectivity index (χ1) is 51.9. The van der Waals surface area contributed by atoms with E-state index >= 15 is 19.2 Å². The standard InChI is InChI=1S/C72H114N6O33/c1-66(2,3)111-65(85)78-33(45-51(91-21)57-63(97-45)109-71(12,13)103-57)27-39(83)76-31(43-49(89-19)55-61(95-43)107-69(8,9)101-55)25-37(81)74-29(41-47(87-17)53-59(93-41)105-67(4,5)99-53)23-35(79)73-30(42-48(88-18)54-60(94-42)106-68(6,7)100-54)24-36(80)75-32(44-50(90-20)56-62(96-44)108-70(10,11)102-56)26-38(82)77-34(28-40(84)86-16)46-52(92-22)58-64(98-46)110-72(14,15)104-58/h29-34,41-64H,23-28H2,1-22H3,(H,73,79)(H,74,81)(H,75,80)(H,76,83)(H,77,82)(H,78,85)/t29?,30?,31?,32?,33?,34?,41-,42-,43-,44-,45-,46-,47-,48-,49-,50-,51-,52-,53+,54+,55+,56+,57+,58+,59+,60+,61+,62+,63+,64+/m0/s1. The highest BCUT2D eigenvalue weighted by atomic mass is 16.9. The summed E-state index contributed by atoms with van der Waals surface area (Å²) in [5, 5.41) is 17.7. The van der Waals surface area contributed by atoms with Crippen molar-refractivity contribution in [2.24, 2.45) is 0 Å². The van der Waals surface area contributed by atoms with Crippen molar-refractivity contribution in [2.75, 3.05) is 49.8 Å². The first kappa shape index (κ1) is 85.5. The molecule has 6 N–H and O–H groups in total. The summed E-state index contributed by atoms with van der Waals surface area (Å²) in [5.41, 5.74) is -0.962. The van der Waals surface area contributed by atoms with Crippen LogP contribution >= 0.6 is 0 Å². The van der Waals surface area contributed by atoms with Gasteiger partial charge in [0.1, 0.15) is 115 Å². The Morgan fingerprint density at radius 2 is 0.468 bits per heavy atom. The molecule has 12 heterocycles. The Labute approximate surface area is 644 Å². The Kier molecular flexibility index (Phi) is 25.3. The van der Waals surface area contributed by atoms with Crippen molar-refractivity contribution < 1.29 is 157 Å². The molecule has 12 aliphatic rings. The number of amides is 6. The Morgan fingerprint density at radius 3 is 0.640 bits per heavy atom. The highest BCUT2D eigenvalue weighted by Crippen LogP contribution is 2.47. The lowest BCUT2D eigenvalue weighted by Crippen LogP contribution is -2.58. The third-order valence-electron chi connectivity index (χ3n) is 21.2. The maximum absolute atomic E-state index is 15.5. The van der Waals surface area contributed by atoms with Crippen LogP contribution in [-0.4, -0.2) is 316 Å². The number of alkyl carbamates (subject to hydrolysis) is 1. The molecule has 0 radical (unpaired) electrons. The van der Waals surface area contributed by atoms with Crippen LogP contribution in [0.3, 0.4) is 0 Å². The molecular formula is C72H114N6O33. The number of fused-ring (bicyclic) bond motifs is 6. The first-order valence-electron chi connectivity index (χ1n) is 37.7. The quantitative estimate of drug-likeness (QED) is 0.0522. The van der Waals surface area contributed by atoms with Gasteiger partial charge in [0, 0.05) is 74.8 Å². The summed E-state index contributed by atoms with van der Waals surface area (Å²) in [6.45, 7) is 25.4. The molecule has 12 fully saturated rings. The molecule has 0 aromatic carbocycles. The van der Waals surface area contributed by atoms with Crippen molar-refractivity contribution in [3.05, 3.63) is 0 Å². The van der Waals surface area contributed by atoms with E-state index in [-0.39, 0.29) is 6.42 Å². The highest BCUT2D eigenvalue weighted by Gasteiger charge is 2.65. The topological polar surface area (TPSA) is 432 Å². The highest BCUT2D eigenvalue weighted by molar-refractivity contribution is 5.84. The van der Waals surface area contributed by atoms with Gasteiger partial charge in [0.25, 0.3) is 0 Å². The Balaban J connectivity index is 0.826. The molecule has 12 rings (SSSR count). The van der Waals surface area contributed by atoms with Crippen molar-refractivity contribution in [1.82, 2.24) is 31.9 Å². The predicted molar refractivity (Wildman–Crippen MR) is 369 cm³/mol. The van der Waals surface area contributed by atoms with Crippen LogP contribution in [0.15, 0.2) is 0 Å². The van der Waals surface area contributed by atoms with Gasteiger partial charge in [0.05, 0.1) is 49.8 Å². The van der Waals surface area contributed by atoms with E-state index < -0.39 is 298 Å². The van der Waals surface area contributed by atoms with Crippen LogP contribution in [0.25, 0.3) is 0 Å². The first-order valence-corrected chi connectivity index (χ1v) is 37.7. The summed E-state index contributed by atoms with van der Waals surface area (Å²) < 4.78 is 160. The fourth-order valence-corrected chi connectivity index (χ4v) is 17.1. The van der Waals surface area contributed by atoms with Gasteiger partial charge in [0.2, 0.25) is 29.5 Å². The van der Waals surface area contributed by atoms with Gasteiger partial charge in [0.15, 0.2) is 72.5 Å². The summed E-state index contributed by atoms with van der Waals surface area (Å²) in [4.78, 5) is 103. The molecule has 0 spiro atoms. The minimum Gasteiger partial charge on any atom is -0.469 e. The Hall–Kier alpha value is -4.87. The molecule has 0 aromatic heterocycles. The molecule has 0 aromatic rings. The Morgan fingerprint density at radius 1 is 0.288 bits per heavy atom. The molecule has 6 unspecified atom stereocenters. The van der Waals surface area contributed by atoms with Crippen molar-refractivity contribution in [1.29, 1.82) is 0 Å². The zero-order chi connectivity index (χ0) is 80.7. The molecule has 30 atom stereocenters. The van der Waals surface area contributed by atoms with E-state index in [2.05, 4.69) is 31.9 Å². The van der Waals surface area contributed by atoms with Crippen LogP contribution in [0.1, 0.15) is 142 Å².